The minimum atomic E-state index is -0.953. The van der Waals surface area contributed by atoms with Crippen LogP contribution in [0.1, 0.15) is 12.8 Å². The second-order valence-corrected chi connectivity index (χ2v) is 4.44. The van der Waals surface area contributed by atoms with Gasteiger partial charge in [-0.25, -0.2) is 4.79 Å². The van der Waals surface area contributed by atoms with E-state index in [1.165, 1.54) is 0 Å². The molecule has 3 N–H and O–H groups in total. The molecule has 1 saturated carbocycles. The Hall–Kier alpha value is -2.04. The molecule has 1 amide bonds. The second kappa shape index (κ2) is 5.53. The maximum Gasteiger partial charge on any atom is 0.326 e. The number of amides is 1. The number of carbonyl (C=O) groups excluding carboxylic acids is 1. The van der Waals surface area contributed by atoms with E-state index >= 15 is 0 Å². The number of hydrogen-bond donors (Lipinski definition) is 3. The summed E-state index contributed by atoms with van der Waals surface area (Å²) < 4.78 is 0. The van der Waals surface area contributed by atoms with Crippen molar-refractivity contribution >= 4 is 17.6 Å². The zero-order chi connectivity index (χ0) is 13.0. The van der Waals surface area contributed by atoms with Gasteiger partial charge in [-0.2, -0.15) is 0 Å². The summed E-state index contributed by atoms with van der Waals surface area (Å²) in [6.45, 7) is 0.0838. The molecule has 1 unspecified atom stereocenters. The largest absolute Gasteiger partial charge is 0.480 e. The number of aliphatic carboxylic acids is 1. The SMILES string of the molecule is O=C(CNc1ccccc1)NC(C(=O)O)C1CC1. The van der Waals surface area contributed by atoms with Gasteiger partial charge < -0.3 is 15.7 Å². The molecule has 2 rings (SSSR count). The van der Waals surface area contributed by atoms with Gasteiger partial charge in [-0.15, -0.1) is 0 Å². The summed E-state index contributed by atoms with van der Waals surface area (Å²) >= 11 is 0. The van der Waals surface area contributed by atoms with Crippen molar-refractivity contribution in [3.8, 4) is 0 Å². The fourth-order valence-electron chi connectivity index (χ4n) is 1.77. The van der Waals surface area contributed by atoms with Gasteiger partial charge >= 0.3 is 5.97 Å². The fourth-order valence-corrected chi connectivity index (χ4v) is 1.77. The van der Waals surface area contributed by atoms with Gasteiger partial charge in [-0.3, -0.25) is 4.79 Å². The molecule has 5 nitrogen and oxygen atoms in total. The topological polar surface area (TPSA) is 78.4 Å². The highest BCUT2D eigenvalue weighted by molar-refractivity contribution is 5.86. The van der Waals surface area contributed by atoms with Crippen molar-refractivity contribution in [1.82, 2.24) is 5.32 Å². The number of anilines is 1. The first-order valence-corrected chi connectivity index (χ1v) is 5.98. The van der Waals surface area contributed by atoms with E-state index in [4.69, 9.17) is 5.11 Å². The Kier molecular flexibility index (Phi) is 3.82. The number of carboxylic acid groups (broad SMARTS) is 1. The Morgan fingerprint density at radius 2 is 1.94 bits per heavy atom. The minimum Gasteiger partial charge on any atom is -0.480 e. The number of benzene rings is 1. The normalized spacial score (nSPS) is 15.8. The monoisotopic (exact) mass is 248 g/mol. The van der Waals surface area contributed by atoms with Crippen LogP contribution >= 0.6 is 0 Å². The lowest BCUT2D eigenvalue weighted by Gasteiger charge is -2.14. The molecule has 1 aromatic carbocycles. The van der Waals surface area contributed by atoms with Crippen LogP contribution in [-0.4, -0.2) is 29.6 Å². The Bertz CT molecular complexity index is 429. The number of carbonyl (C=O) groups is 2. The van der Waals surface area contributed by atoms with Crippen molar-refractivity contribution in [3.63, 3.8) is 0 Å². The molecule has 0 bridgehead atoms. The highest BCUT2D eigenvalue weighted by Crippen LogP contribution is 2.32. The summed E-state index contributed by atoms with van der Waals surface area (Å²) in [7, 11) is 0. The first kappa shape index (κ1) is 12.4. The van der Waals surface area contributed by atoms with Crippen molar-refractivity contribution in [2.75, 3.05) is 11.9 Å². The molecule has 96 valence electrons. The van der Waals surface area contributed by atoms with Gasteiger partial charge in [-0.05, 0) is 30.9 Å². The molecule has 1 aliphatic carbocycles. The molecule has 5 heteroatoms. The highest BCUT2D eigenvalue weighted by Gasteiger charge is 2.37. The van der Waals surface area contributed by atoms with Crippen LogP contribution in [0.4, 0.5) is 5.69 Å². The summed E-state index contributed by atoms with van der Waals surface area (Å²) in [4.78, 5) is 22.6. The van der Waals surface area contributed by atoms with Gasteiger partial charge in [0.15, 0.2) is 0 Å². The molecular formula is C13H16N2O3. The predicted molar refractivity (Wildman–Crippen MR) is 67.2 cm³/mol. The summed E-state index contributed by atoms with van der Waals surface area (Å²) in [6.07, 6.45) is 1.76. The van der Waals surface area contributed by atoms with E-state index in [1.807, 2.05) is 30.3 Å². The predicted octanol–water partition coefficient (Wildman–Crippen LogP) is 1.08. The van der Waals surface area contributed by atoms with E-state index in [1.54, 1.807) is 0 Å². The smallest absolute Gasteiger partial charge is 0.326 e. The van der Waals surface area contributed by atoms with Crippen LogP contribution in [0.2, 0.25) is 0 Å². The maximum atomic E-state index is 11.6. The van der Waals surface area contributed by atoms with Crippen molar-refractivity contribution in [2.24, 2.45) is 5.92 Å². The zero-order valence-corrected chi connectivity index (χ0v) is 9.93. The van der Waals surface area contributed by atoms with Crippen LogP contribution in [0.25, 0.3) is 0 Å². The molecule has 18 heavy (non-hydrogen) atoms. The summed E-state index contributed by atoms with van der Waals surface area (Å²) in [5, 5.41) is 14.5. The summed E-state index contributed by atoms with van der Waals surface area (Å²) in [6, 6.07) is 8.58. The quantitative estimate of drug-likeness (QED) is 0.704. The van der Waals surface area contributed by atoms with Crippen molar-refractivity contribution in [2.45, 2.75) is 18.9 Å². The van der Waals surface area contributed by atoms with E-state index in [0.29, 0.717) is 0 Å². The van der Waals surface area contributed by atoms with Gasteiger partial charge in [0, 0.05) is 5.69 Å². The molecule has 1 fully saturated rings. The first-order chi connectivity index (χ1) is 8.66. The molecule has 0 saturated heterocycles. The number of carboxylic acids is 1. The maximum absolute atomic E-state index is 11.6. The average molecular weight is 248 g/mol. The third-order valence-electron chi connectivity index (χ3n) is 2.90. The Morgan fingerprint density at radius 3 is 2.50 bits per heavy atom. The third-order valence-corrected chi connectivity index (χ3v) is 2.90. The van der Waals surface area contributed by atoms with E-state index in [2.05, 4.69) is 10.6 Å². The molecule has 1 atom stereocenters. The first-order valence-electron chi connectivity index (χ1n) is 5.98. The molecule has 0 aliphatic heterocycles. The summed E-state index contributed by atoms with van der Waals surface area (Å²) in [5.41, 5.74) is 0.839. The lowest BCUT2D eigenvalue weighted by atomic mass is 10.2. The van der Waals surface area contributed by atoms with Crippen molar-refractivity contribution in [1.29, 1.82) is 0 Å². The average Bonchev–Trinajstić information content (AvgIpc) is 3.18. The molecule has 0 heterocycles. The van der Waals surface area contributed by atoms with Crippen LogP contribution < -0.4 is 10.6 Å². The van der Waals surface area contributed by atoms with Gasteiger partial charge in [0.2, 0.25) is 5.91 Å². The molecule has 1 aliphatic rings. The van der Waals surface area contributed by atoms with E-state index < -0.39 is 12.0 Å². The van der Waals surface area contributed by atoms with Crippen molar-refractivity contribution in [3.05, 3.63) is 30.3 Å². The van der Waals surface area contributed by atoms with Gasteiger partial charge in [0.1, 0.15) is 6.04 Å². The molecule has 0 radical (unpaired) electrons. The third kappa shape index (κ3) is 3.48. The number of rotatable bonds is 6. The Morgan fingerprint density at radius 1 is 1.28 bits per heavy atom. The molecule has 1 aromatic rings. The number of para-hydroxylation sites is 1. The van der Waals surface area contributed by atoms with E-state index in [-0.39, 0.29) is 18.4 Å². The van der Waals surface area contributed by atoms with Crippen LogP contribution in [0, 0.1) is 5.92 Å². The van der Waals surface area contributed by atoms with Crippen LogP contribution in [0.5, 0.6) is 0 Å². The lowest BCUT2D eigenvalue weighted by molar-refractivity contribution is -0.142. The van der Waals surface area contributed by atoms with E-state index in [0.717, 1.165) is 18.5 Å². The lowest BCUT2D eigenvalue weighted by Crippen LogP contribution is -2.44. The van der Waals surface area contributed by atoms with E-state index in [9.17, 15) is 9.59 Å². The number of nitrogens with one attached hydrogen (secondary N) is 2. The van der Waals surface area contributed by atoms with Gasteiger partial charge in [0.05, 0.1) is 6.54 Å². The fraction of sp³-hybridized carbons (Fsp3) is 0.385. The van der Waals surface area contributed by atoms with Crippen LogP contribution in [0.15, 0.2) is 30.3 Å². The molecular weight excluding hydrogens is 232 g/mol. The van der Waals surface area contributed by atoms with Crippen LogP contribution in [-0.2, 0) is 9.59 Å². The zero-order valence-electron chi connectivity index (χ0n) is 9.93. The van der Waals surface area contributed by atoms with Gasteiger partial charge in [0.25, 0.3) is 0 Å². The summed E-state index contributed by atoms with van der Waals surface area (Å²) in [5.74, 6) is -1.15. The van der Waals surface area contributed by atoms with Crippen molar-refractivity contribution < 1.29 is 14.7 Å². The minimum absolute atomic E-state index is 0.0838. The molecule has 0 aromatic heterocycles. The Balaban J connectivity index is 1.79. The van der Waals surface area contributed by atoms with Crippen LogP contribution in [0.3, 0.4) is 0 Å². The molecule has 0 spiro atoms. The number of hydrogen-bond acceptors (Lipinski definition) is 3. The van der Waals surface area contributed by atoms with Gasteiger partial charge in [-0.1, -0.05) is 18.2 Å². The standard InChI is InChI=1S/C13H16N2O3/c16-11(8-14-10-4-2-1-3-5-10)15-12(13(17)18)9-6-7-9/h1-5,9,12,14H,6-8H2,(H,15,16)(H,17,18). The highest BCUT2D eigenvalue weighted by atomic mass is 16.4. The second-order valence-electron chi connectivity index (χ2n) is 4.44. The Labute approximate surface area is 105 Å².